The number of nitrogens with zero attached hydrogens (tertiary/aromatic N) is 1. The quantitative estimate of drug-likeness (QED) is 0.765. The molecular weight excluding hydrogens is 244 g/mol. The Balaban J connectivity index is 2.25. The van der Waals surface area contributed by atoms with Gasteiger partial charge in [0.1, 0.15) is 0 Å². The number of rotatable bonds is 5. The topological polar surface area (TPSA) is 15.3 Å². The van der Waals surface area contributed by atoms with Gasteiger partial charge >= 0.3 is 0 Å². The fraction of sp³-hybridized carbons (Fsp3) is 0.889. The highest BCUT2D eigenvalue weighted by molar-refractivity contribution is 5.22. The largest absolute Gasteiger partial charge is 0.309 e. The number of nitrogens with one attached hydrogen (secondary N) is 1. The van der Waals surface area contributed by atoms with Crippen molar-refractivity contribution in [2.24, 2.45) is 5.92 Å². The molecule has 20 heavy (non-hydrogen) atoms. The van der Waals surface area contributed by atoms with Crippen LogP contribution in [-0.2, 0) is 0 Å². The Labute approximate surface area is 126 Å². The van der Waals surface area contributed by atoms with Crippen molar-refractivity contribution in [3.05, 3.63) is 11.6 Å². The summed E-state index contributed by atoms with van der Waals surface area (Å²) in [7, 11) is 4.59. The smallest absolute Gasteiger partial charge is 0.0466 e. The lowest BCUT2D eigenvalue weighted by atomic mass is 9.69. The number of hydrogen-bond acceptors (Lipinski definition) is 2. The van der Waals surface area contributed by atoms with Crippen LogP contribution in [0.15, 0.2) is 11.6 Å². The number of likely N-dealkylation sites (N-methyl/N-ethyl adjacent to an activating group) is 2. The van der Waals surface area contributed by atoms with Crippen molar-refractivity contribution < 1.29 is 0 Å². The first-order valence-corrected chi connectivity index (χ1v) is 8.70. The zero-order valence-corrected chi connectivity index (χ0v) is 14.0. The molecule has 2 nitrogen and oxygen atoms in total. The summed E-state index contributed by atoms with van der Waals surface area (Å²) < 4.78 is 0. The lowest BCUT2D eigenvalue weighted by Gasteiger charge is -2.51. The molecule has 0 aliphatic heterocycles. The lowest BCUT2D eigenvalue weighted by molar-refractivity contribution is 0.0542. The molecule has 1 unspecified atom stereocenters. The standard InChI is InChI=1S/C18H34N2/c1-5-19-17(16-9-7-6-8-10-16)18(20(3)4)13-11-15(2)12-14-18/h9,15,17,19H,5-8,10-14H2,1-4H3. The van der Waals surface area contributed by atoms with E-state index in [1.54, 1.807) is 5.57 Å². The first kappa shape index (κ1) is 16.0. The molecule has 116 valence electrons. The molecule has 0 aromatic rings. The molecule has 1 N–H and O–H groups in total. The van der Waals surface area contributed by atoms with Gasteiger partial charge in [-0.05, 0) is 77.9 Å². The van der Waals surface area contributed by atoms with Gasteiger partial charge in [0, 0.05) is 11.6 Å². The van der Waals surface area contributed by atoms with Gasteiger partial charge in [-0.2, -0.15) is 0 Å². The highest BCUT2D eigenvalue weighted by Crippen LogP contribution is 2.41. The van der Waals surface area contributed by atoms with E-state index in [1.165, 1.54) is 51.4 Å². The molecule has 2 rings (SSSR count). The van der Waals surface area contributed by atoms with Gasteiger partial charge in [0.05, 0.1) is 0 Å². The van der Waals surface area contributed by atoms with Gasteiger partial charge in [0.25, 0.3) is 0 Å². The first-order chi connectivity index (χ1) is 9.60. The second-order valence-electron chi connectivity index (χ2n) is 7.20. The SMILES string of the molecule is CCNC(C1=CCCCC1)C1(N(C)C)CCC(C)CC1. The van der Waals surface area contributed by atoms with Gasteiger partial charge in [-0.1, -0.05) is 25.5 Å². The maximum Gasteiger partial charge on any atom is 0.0466 e. The van der Waals surface area contributed by atoms with Crippen molar-refractivity contribution in [3.63, 3.8) is 0 Å². The van der Waals surface area contributed by atoms with Crippen LogP contribution in [0.25, 0.3) is 0 Å². The Morgan fingerprint density at radius 2 is 2.00 bits per heavy atom. The minimum absolute atomic E-state index is 0.339. The molecule has 2 aliphatic rings. The molecule has 0 radical (unpaired) electrons. The average Bonchev–Trinajstić information content (AvgIpc) is 2.47. The van der Waals surface area contributed by atoms with Crippen LogP contribution >= 0.6 is 0 Å². The van der Waals surface area contributed by atoms with Crippen LogP contribution in [0.1, 0.15) is 65.2 Å². The molecule has 0 bridgehead atoms. The van der Waals surface area contributed by atoms with E-state index in [-0.39, 0.29) is 0 Å². The second-order valence-corrected chi connectivity index (χ2v) is 7.20. The molecule has 1 atom stereocenters. The van der Waals surface area contributed by atoms with Gasteiger partial charge in [0.2, 0.25) is 0 Å². The molecule has 1 saturated carbocycles. The lowest BCUT2D eigenvalue weighted by Crippen LogP contribution is -2.61. The Morgan fingerprint density at radius 1 is 1.30 bits per heavy atom. The molecule has 2 heteroatoms. The zero-order chi connectivity index (χ0) is 14.6. The van der Waals surface area contributed by atoms with Crippen molar-refractivity contribution in [2.45, 2.75) is 76.8 Å². The summed E-state index contributed by atoms with van der Waals surface area (Å²) in [6.45, 7) is 5.75. The predicted octanol–water partition coefficient (Wildman–Crippen LogP) is 3.98. The molecule has 1 fully saturated rings. The molecule has 0 aromatic heterocycles. The van der Waals surface area contributed by atoms with E-state index >= 15 is 0 Å². The van der Waals surface area contributed by atoms with Crippen LogP contribution in [0.3, 0.4) is 0 Å². The Hall–Kier alpha value is -0.340. The van der Waals surface area contributed by atoms with E-state index in [4.69, 9.17) is 0 Å². The van der Waals surface area contributed by atoms with E-state index in [1.807, 2.05) is 0 Å². The summed E-state index contributed by atoms with van der Waals surface area (Å²) in [4.78, 5) is 2.53. The summed E-state index contributed by atoms with van der Waals surface area (Å²) >= 11 is 0. The molecular formula is C18H34N2. The zero-order valence-electron chi connectivity index (χ0n) is 14.0. The van der Waals surface area contributed by atoms with Crippen LogP contribution < -0.4 is 5.32 Å². The third-order valence-electron chi connectivity index (χ3n) is 5.67. The number of hydrogen-bond donors (Lipinski definition) is 1. The minimum atomic E-state index is 0.339. The highest BCUT2D eigenvalue weighted by Gasteiger charge is 2.44. The van der Waals surface area contributed by atoms with Gasteiger partial charge < -0.3 is 10.2 Å². The van der Waals surface area contributed by atoms with Crippen LogP contribution in [0.4, 0.5) is 0 Å². The van der Waals surface area contributed by atoms with Crippen molar-refractivity contribution in [1.29, 1.82) is 0 Å². The maximum absolute atomic E-state index is 3.85. The van der Waals surface area contributed by atoms with Crippen LogP contribution in [0, 0.1) is 5.92 Å². The van der Waals surface area contributed by atoms with Gasteiger partial charge in [0.15, 0.2) is 0 Å². The third-order valence-corrected chi connectivity index (χ3v) is 5.67. The molecule has 0 heterocycles. The normalized spacial score (nSPS) is 33.0. The van der Waals surface area contributed by atoms with E-state index in [2.05, 4.69) is 44.2 Å². The monoisotopic (exact) mass is 278 g/mol. The van der Waals surface area contributed by atoms with E-state index in [0.29, 0.717) is 11.6 Å². The predicted molar refractivity (Wildman–Crippen MR) is 88.1 cm³/mol. The fourth-order valence-corrected chi connectivity index (χ4v) is 4.25. The average molecular weight is 278 g/mol. The summed E-state index contributed by atoms with van der Waals surface area (Å²) in [5.41, 5.74) is 2.03. The Morgan fingerprint density at radius 3 is 2.50 bits per heavy atom. The molecule has 0 amide bonds. The van der Waals surface area contributed by atoms with Crippen LogP contribution in [0.2, 0.25) is 0 Å². The molecule has 2 aliphatic carbocycles. The molecule has 0 spiro atoms. The van der Waals surface area contributed by atoms with E-state index in [9.17, 15) is 0 Å². The minimum Gasteiger partial charge on any atom is -0.309 e. The second kappa shape index (κ2) is 7.09. The third kappa shape index (κ3) is 3.28. The van der Waals surface area contributed by atoms with Gasteiger partial charge in [-0.15, -0.1) is 0 Å². The van der Waals surface area contributed by atoms with Crippen molar-refractivity contribution in [1.82, 2.24) is 10.2 Å². The molecule has 0 aromatic carbocycles. The van der Waals surface area contributed by atoms with Crippen molar-refractivity contribution >= 4 is 0 Å². The van der Waals surface area contributed by atoms with Gasteiger partial charge in [-0.3, -0.25) is 0 Å². The summed E-state index contributed by atoms with van der Waals surface area (Å²) in [5.74, 6) is 0.908. The summed E-state index contributed by atoms with van der Waals surface area (Å²) in [6.07, 6.45) is 13.4. The van der Waals surface area contributed by atoms with E-state index in [0.717, 1.165) is 12.5 Å². The summed E-state index contributed by atoms with van der Waals surface area (Å²) in [5, 5.41) is 3.85. The summed E-state index contributed by atoms with van der Waals surface area (Å²) in [6, 6.07) is 0.565. The Kier molecular flexibility index (Phi) is 5.68. The van der Waals surface area contributed by atoms with E-state index < -0.39 is 0 Å². The Bertz CT molecular complexity index is 324. The maximum atomic E-state index is 3.85. The highest BCUT2D eigenvalue weighted by atomic mass is 15.2. The molecule has 0 saturated heterocycles. The van der Waals surface area contributed by atoms with Gasteiger partial charge in [-0.25, -0.2) is 0 Å². The van der Waals surface area contributed by atoms with Crippen molar-refractivity contribution in [3.8, 4) is 0 Å². The van der Waals surface area contributed by atoms with Crippen molar-refractivity contribution in [2.75, 3.05) is 20.6 Å². The fourth-order valence-electron chi connectivity index (χ4n) is 4.25. The number of allylic oxidation sites excluding steroid dienone is 1. The van der Waals surface area contributed by atoms with Crippen LogP contribution in [-0.4, -0.2) is 37.1 Å². The van der Waals surface area contributed by atoms with Crippen LogP contribution in [0.5, 0.6) is 0 Å². The first-order valence-electron chi connectivity index (χ1n) is 8.70.